The first kappa shape index (κ1) is 36.4. The minimum absolute atomic E-state index is 0.0789. The summed E-state index contributed by atoms with van der Waals surface area (Å²) in [5.41, 5.74) is 4.92. The van der Waals surface area contributed by atoms with Crippen molar-refractivity contribution >= 4 is 40.9 Å². The Morgan fingerprint density at radius 2 is 1.47 bits per heavy atom. The number of anilines is 1. The molecule has 1 saturated carbocycles. The number of phenols is 1. The molecule has 0 aromatic heterocycles. The number of rotatable bonds is 9. The number of carbonyl (C=O) groups excluding carboxylic acids is 4. The van der Waals surface area contributed by atoms with Crippen molar-refractivity contribution in [3.63, 3.8) is 0 Å². The Hall–Kier alpha value is -6.26. The number of benzene rings is 5. The number of amides is 4. The first-order chi connectivity index (χ1) is 27.6. The summed E-state index contributed by atoms with van der Waals surface area (Å²) in [7, 11) is 0. The van der Waals surface area contributed by atoms with E-state index in [0.717, 1.165) is 16.1 Å². The summed E-state index contributed by atoms with van der Waals surface area (Å²) in [6.07, 6.45) is 2.26. The Balaban J connectivity index is 1.19. The summed E-state index contributed by atoms with van der Waals surface area (Å²) >= 11 is 6.40. The molecule has 5 aromatic rings. The van der Waals surface area contributed by atoms with Gasteiger partial charge in [0.05, 0.1) is 35.4 Å². The van der Waals surface area contributed by atoms with Crippen molar-refractivity contribution in [2.75, 3.05) is 5.43 Å². The fourth-order valence-corrected chi connectivity index (χ4v) is 9.71. The van der Waals surface area contributed by atoms with Crippen LogP contribution in [0.15, 0.2) is 139 Å². The fraction of sp³-hybridized carbons (Fsp3) is 0.217. The van der Waals surface area contributed by atoms with Crippen LogP contribution in [0.5, 0.6) is 11.5 Å². The van der Waals surface area contributed by atoms with Crippen molar-refractivity contribution in [3.8, 4) is 11.5 Å². The van der Waals surface area contributed by atoms with Crippen molar-refractivity contribution in [3.05, 3.63) is 172 Å². The maximum atomic E-state index is 15.4. The number of nitrogens with zero attached hydrogens (tertiary/aromatic N) is 2. The number of hydrogen-bond donors (Lipinski definition) is 2. The number of carbonyl (C=O) groups is 4. The number of hydrazine groups is 1. The largest absolute Gasteiger partial charge is 0.508 e. The fourth-order valence-electron chi connectivity index (χ4n) is 9.59. The summed E-state index contributed by atoms with van der Waals surface area (Å²) in [6, 6.07) is 35.9. The van der Waals surface area contributed by atoms with E-state index in [0.29, 0.717) is 33.2 Å². The number of aromatic hydroxyl groups is 1. The Morgan fingerprint density at radius 1 is 0.789 bits per heavy atom. The number of allylic oxidation sites excluding steroid dienone is 2. The summed E-state index contributed by atoms with van der Waals surface area (Å²) < 4.78 is 20.0. The van der Waals surface area contributed by atoms with Crippen LogP contribution in [-0.4, -0.2) is 38.6 Å². The van der Waals surface area contributed by atoms with E-state index >= 15 is 4.79 Å². The van der Waals surface area contributed by atoms with Crippen molar-refractivity contribution in [2.45, 2.75) is 37.3 Å². The molecule has 6 atom stereocenters. The number of imide groups is 2. The topological polar surface area (TPSA) is 116 Å². The SMILES string of the molecule is O=C1C2CC=C3C(CC4C(=O)N(Nc5ccc(F)cc5)C(=O)C4(c4ccc(Cl)cc4)C3c3ccc(OCc4ccccc4)cc3O)C2C(=O)N1Cc1ccccc1. The highest BCUT2D eigenvalue weighted by Crippen LogP contribution is 2.65. The van der Waals surface area contributed by atoms with Gasteiger partial charge < -0.3 is 9.84 Å². The molecule has 6 unspecified atom stereocenters. The van der Waals surface area contributed by atoms with Gasteiger partial charge in [0.15, 0.2) is 0 Å². The molecular formula is C46H37ClFN3O6. The minimum atomic E-state index is -1.64. The highest BCUT2D eigenvalue weighted by atomic mass is 35.5. The van der Waals surface area contributed by atoms with Crippen LogP contribution in [0.2, 0.25) is 5.02 Å². The van der Waals surface area contributed by atoms with Gasteiger partial charge in [-0.1, -0.05) is 102 Å². The lowest BCUT2D eigenvalue weighted by Crippen LogP contribution is -2.53. The van der Waals surface area contributed by atoms with Crippen molar-refractivity contribution in [1.82, 2.24) is 9.91 Å². The average Bonchev–Trinajstić information content (AvgIpc) is 3.59. The molecule has 57 heavy (non-hydrogen) atoms. The molecule has 2 heterocycles. The standard InChI is InChI=1S/C46H37ClFN3O6/c47-30-13-11-29(12-14-30)46-38(43(54)51(45(46)56)49-32-17-15-31(48)16-18-32)24-37-34(21-22-36-40(37)44(55)50(42(36)53)25-27-7-3-1-4-8-27)41(46)35-20-19-33(23-39(35)52)57-26-28-9-5-2-6-10-28/h1-21,23,36-38,40-41,49,52H,22,24-26H2. The van der Waals surface area contributed by atoms with Crippen LogP contribution >= 0.6 is 11.6 Å². The van der Waals surface area contributed by atoms with E-state index in [9.17, 15) is 23.9 Å². The van der Waals surface area contributed by atoms with Gasteiger partial charge in [-0.05, 0) is 77.9 Å². The monoisotopic (exact) mass is 781 g/mol. The molecule has 2 aliphatic carbocycles. The predicted octanol–water partition coefficient (Wildman–Crippen LogP) is 7.95. The normalized spacial score (nSPS) is 25.2. The molecule has 9 rings (SSSR count). The van der Waals surface area contributed by atoms with Gasteiger partial charge in [-0.3, -0.25) is 29.5 Å². The predicted molar refractivity (Wildman–Crippen MR) is 210 cm³/mol. The van der Waals surface area contributed by atoms with Crippen LogP contribution in [0, 0.1) is 29.5 Å². The van der Waals surface area contributed by atoms with Crippen LogP contribution in [0.25, 0.3) is 0 Å². The van der Waals surface area contributed by atoms with Crippen LogP contribution < -0.4 is 10.2 Å². The molecule has 286 valence electrons. The maximum absolute atomic E-state index is 15.4. The third-order valence-electron chi connectivity index (χ3n) is 12.1. The van der Waals surface area contributed by atoms with E-state index in [1.54, 1.807) is 36.4 Å². The van der Waals surface area contributed by atoms with Gasteiger partial charge >= 0.3 is 0 Å². The Bertz CT molecular complexity index is 2430. The second-order valence-electron chi connectivity index (χ2n) is 15.1. The molecule has 2 aliphatic heterocycles. The van der Waals surface area contributed by atoms with Gasteiger partial charge in [0.25, 0.3) is 11.8 Å². The zero-order valence-electron chi connectivity index (χ0n) is 30.6. The minimum Gasteiger partial charge on any atom is -0.508 e. The molecule has 0 bridgehead atoms. The van der Waals surface area contributed by atoms with Gasteiger partial charge in [0, 0.05) is 22.6 Å². The Labute approximate surface area is 333 Å². The second kappa shape index (κ2) is 14.4. The van der Waals surface area contributed by atoms with Crippen molar-refractivity contribution in [2.24, 2.45) is 23.7 Å². The molecule has 4 amide bonds. The van der Waals surface area contributed by atoms with Crippen molar-refractivity contribution in [1.29, 1.82) is 0 Å². The number of phenolic OH excluding ortho intramolecular Hbond substituents is 1. The first-order valence-electron chi connectivity index (χ1n) is 18.9. The highest BCUT2D eigenvalue weighted by molar-refractivity contribution is 6.30. The van der Waals surface area contributed by atoms with E-state index in [-0.39, 0.29) is 43.6 Å². The number of halogens is 2. The molecular weight excluding hydrogens is 745 g/mol. The molecule has 3 fully saturated rings. The molecule has 11 heteroatoms. The molecule has 9 nitrogen and oxygen atoms in total. The summed E-state index contributed by atoms with van der Waals surface area (Å²) in [6.45, 7) is 0.371. The average molecular weight is 782 g/mol. The quantitative estimate of drug-likeness (QED) is 0.115. The van der Waals surface area contributed by atoms with Gasteiger partial charge in [0.1, 0.15) is 23.9 Å². The highest BCUT2D eigenvalue weighted by Gasteiger charge is 2.70. The van der Waals surface area contributed by atoms with Crippen LogP contribution in [0.3, 0.4) is 0 Å². The van der Waals surface area contributed by atoms with E-state index in [1.807, 2.05) is 66.7 Å². The van der Waals surface area contributed by atoms with Crippen LogP contribution in [0.1, 0.15) is 41.0 Å². The number of hydrogen-bond acceptors (Lipinski definition) is 7. The van der Waals surface area contributed by atoms with Gasteiger partial charge in [-0.2, -0.15) is 5.01 Å². The molecule has 4 aliphatic rings. The third kappa shape index (κ3) is 6.06. The molecule has 2 saturated heterocycles. The van der Waals surface area contributed by atoms with Gasteiger partial charge in [-0.25, -0.2) is 4.39 Å². The van der Waals surface area contributed by atoms with Gasteiger partial charge in [0.2, 0.25) is 11.8 Å². The first-order valence-corrected chi connectivity index (χ1v) is 19.3. The van der Waals surface area contributed by atoms with Crippen molar-refractivity contribution < 1.29 is 33.4 Å². The second-order valence-corrected chi connectivity index (χ2v) is 15.6. The third-order valence-corrected chi connectivity index (χ3v) is 12.3. The molecule has 5 aromatic carbocycles. The van der Waals surface area contributed by atoms with E-state index in [4.69, 9.17) is 16.3 Å². The van der Waals surface area contributed by atoms with E-state index in [1.165, 1.54) is 35.2 Å². The molecule has 2 N–H and O–H groups in total. The molecule has 0 spiro atoms. The Morgan fingerprint density at radius 3 is 2.16 bits per heavy atom. The zero-order chi connectivity index (χ0) is 39.4. The zero-order valence-corrected chi connectivity index (χ0v) is 31.3. The Kier molecular flexibility index (Phi) is 9.16. The molecule has 0 radical (unpaired) electrons. The summed E-state index contributed by atoms with van der Waals surface area (Å²) in [4.78, 5) is 60.1. The van der Waals surface area contributed by atoms with E-state index in [2.05, 4.69) is 5.43 Å². The maximum Gasteiger partial charge on any atom is 0.260 e. The number of fused-ring (bicyclic) bond motifs is 4. The number of likely N-dealkylation sites (tertiary alicyclic amines) is 1. The smallest absolute Gasteiger partial charge is 0.260 e. The van der Waals surface area contributed by atoms with E-state index < -0.39 is 52.6 Å². The van der Waals surface area contributed by atoms with Crippen LogP contribution in [-0.2, 0) is 37.7 Å². The summed E-state index contributed by atoms with van der Waals surface area (Å²) in [5.74, 6) is -6.06. The lowest BCUT2D eigenvalue weighted by atomic mass is 9.49. The van der Waals surface area contributed by atoms with Crippen LogP contribution in [0.4, 0.5) is 10.1 Å². The number of ether oxygens (including phenoxy) is 1. The lowest BCUT2D eigenvalue weighted by Gasteiger charge is -2.50. The number of nitrogens with one attached hydrogen (secondary N) is 1. The summed E-state index contributed by atoms with van der Waals surface area (Å²) in [5, 5.41) is 13.4. The van der Waals surface area contributed by atoms with Gasteiger partial charge in [-0.15, -0.1) is 0 Å². The lowest BCUT2D eigenvalue weighted by molar-refractivity contribution is -0.142.